The second kappa shape index (κ2) is 12.1. The Morgan fingerprint density at radius 3 is 2.31 bits per heavy atom. The number of carboxylic acid groups (broad SMARTS) is 1. The third-order valence-electron chi connectivity index (χ3n) is 4.98. The number of aromatic carboxylic acids is 1. The van der Waals surface area contributed by atoms with Crippen molar-refractivity contribution >= 4 is 11.8 Å². The average molecular weight is 492 g/mol. The molecule has 0 radical (unpaired) electrons. The highest BCUT2D eigenvalue weighted by Crippen LogP contribution is 2.34. The van der Waals surface area contributed by atoms with E-state index in [-0.39, 0.29) is 12.4 Å². The van der Waals surface area contributed by atoms with Crippen molar-refractivity contribution in [3.05, 3.63) is 96.1 Å². The van der Waals surface area contributed by atoms with E-state index in [1.54, 1.807) is 64.2 Å². The third-order valence-corrected chi connectivity index (χ3v) is 4.98. The fourth-order valence-corrected chi connectivity index (χ4v) is 3.18. The van der Waals surface area contributed by atoms with Gasteiger partial charge < -0.3 is 15.2 Å². The van der Waals surface area contributed by atoms with Gasteiger partial charge in [0.25, 0.3) is 0 Å². The SMILES string of the molecule is C=C(C)C(=C)COC(=C/C)/C(=C\C=C/C)C(C)(/C=C\C)NC(=C)n1ncc(C(=O)O)c1C(F)(F)F. The van der Waals surface area contributed by atoms with Crippen LogP contribution in [0, 0.1) is 0 Å². The standard InChI is InChI=1S/C26H32F3N3O3/c1-9-12-13-21(22(11-3)35-16-18(6)17(4)5)25(8,14-10-2)31-19(7)32-23(26(27,28)29)20(15-30-32)24(33)34/h9-15,31H,4,6-7,16H2,1-3,5,8H3,(H,33,34)/b12-9-,14-10-,21-13+,22-11+. The first-order valence-electron chi connectivity index (χ1n) is 10.7. The molecule has 0 spiro atoms. The summed E-state index contributed by atoms with van der Waals surface area (Å²) in [6.07, 6.45) is 6.16. The van der Waals surface area contributed by atoms with Gasteiger partial charge in [0.2, 0.25) is 0 Å². The van der Waals surface area contributed by atoms with E-state index in [1.807, 2.05) is 6.92 Å². The van der Waals surface area contributed by atoms with Crippen molar-refractivity contribution in [1.82, 2.24) is 15.1 Å². The molecule has 1 aromatic rings. The van der Waals surface area contributed by atoms with E-state index in [4.69, 9.17) is 4.74 Å². The highest BCUT2D eigenvalue weighted by atomic mass is 19.4. The number of hydrogen-bond donors (Lipinski definition) is 2. The number of alkyl halides is 3. The summed E-state index contributed by atoms with van der Waals surface area (Å²) in [5, 5.41) is 15.8. The molecule has 0 aliphatic heterocycles. The number of rotatable bonds is 12. The zero-order chi connectivity index (χ0) is 27.0. The molecule has 0 amide bonds. The minimum absolute atomic E-state index is 0.161. The van der Waals surface area contributed by atoms with Crippen LogP contribution >= 0.6 is 0 Å². The number of carboxylic acids is 1. The van der Waals surface area contributed by atoms with Gasteiger partial charge in [0.05, 0.1) is 11.7 Å². The predicted molar refractivity (Wildman–Crippen MR) is 132 cm³/mol. The lowest BCUT2D eigenvalue weighted by Crippen LogP contribution is -2.43. The van der Waals surface area contributed by atoms with Gasteiger partial charge in [-0.1, -0.05) is 55.7 Å². The zero-order valence-corrected chi connectivity index (χ0v) is 20.7. The van der Waals surface area contributed by atoms with Gasteiger partial charge >= 0.3 is 12.1 Å². The van der Waals surface area contributed by atoms with Crippen LogP contribution < -0.4 is 5.32 Å². The maximum atomic E-state index is 13.7. The molecule has 0 aliphatic carbocycles. The molecule has 1 heterocycles. The summed E-state index contributed by atoms with van der Waals surface area (Å²) in [5.74, 6) is -1.57. The van der Waals surface area contributed by atoms with Crippen LogP contribution in [0.2, 0.25) is 0 Å². The molecule has 2 N–H and O–H groups in total. The van der Waals surface area contributed by atoms with Crippen LogP contribution in [0.25, 0.3) is 5.82 Å². The van der Waals surface area contributed by atoms with E-state index in [0.717, 1.165) is 5.57 Å². The number of allylic oxidation sites excluding steroid dienone is 5. The quantitative estimate of drug-likeness (QED) is 0.198. The van der Waals surface area contributed by atoms with E-state index >= 15 is 0 Å². The molecule has 0 aliphatic rings. The smallest absolute Gasteiger partial charge is 0.434 e. The highest BCUT2D eigenvalue weighted by molar-refractivity contribution is 5.89. The van der Waals surface area contributed by atoms with Crippen molar-refractivity contribution in [3.63, 3.8) is 0 Å². The van der Waals surface area contributed by atoms with Crippen molar-refractivity contribution in [3.8, 4) is 0 Å². The minimum atomic E-state index is -4.98. The molecule has 9 heteroatoms. The van der Waals surface area contributed by atoms with E-state index in [2.05, 4.69) is 30.2 Å². The Hall–Kier alpha value is -3.75. The minimum Gasteiger partial charge on any atom is -0.489 e. The summed E-state index contributed by atoms with van der Waals surface area (Å²) in [7, 11) is 0. The average Bonchev–Trinajstić information content (AvgIpc) is 3.22. The van der Waals surface area contributed by atoms with Gasteiger partial charge in [-0.25, -0.2) is 9.48 Å². The molecule has 1 atom stereocenters. The molecule has 0 saturated carbocycles. The summed E-state index contributed by atoms with van der Waals surface area (Å²) in [4.78, 5) is 11.4. The van der Waals surface area contributed by atoms with Crippen LogP contribution in [0.4, 0.5) is 13.2 Å². The van der Waals surface area contributed by atoms with Crippen molar-refractivity contribution < 1.29 is 27.8 Å². The number of halogens is 3. The van der Waals surface area contributed by atoms with Gasteiger partial charge in [-0.15, -0.1) is 0 Å². The second-order valence-corrected chi connectivity index (χ2v) is 7.83. The topological polar surface area (TPSA) is 76.4 Å². The largest absolute Gasteiger partial charge is 0.489 e. The van der Waals surface area contributed by atoms with Gasteiger partial charge in [-0.05, 0) is 46.3 Å². The first-order valence-corrected chi connectivity index (χ1v) is 10.7. The van der Waals surface area contributed by atoms with Crippen molar-refractivity contribution in [2.75, 3.05) is 6.61 Å². The molecule has 0 fully saturated rings. The molecule has 0 bridgehead atoms. The first-order chi connectivity index (χ1) is 16.2. The van der Waals surface area contributed by atoms with E-state index < -0.39 is 28.9 Å². The predicted octanol–water partition coefficient (Wildman–Crippen LogP) is 6.51. The van der Waals surface area contributed by atoms with Crippen molar-refractivity contribution in [2.45, 2.75) is 46.3 Å². The van der Waals surface area contributed by atoms with E-state index in [0.29, 0.717) is 27.8 Å². The number of hydrogen-bond acceptors (Lipinski definition) is 4. The Bertz CT molecular complexity index is 1100. The van der Waals surface area contributed by atoms with Crippen molar-refractivity contribution in [2.24, 2.45) is 0 Å². The summed E-state index contributed by atoms with van der Waals surface area (Å²) in [6, 6.07) is 0. The Labute approximate surface area is 204 Å². The molecular formula is C26H32F3N3O3. The lowest BCUT2D eigenvalue weighted by molar-refractivity contribution is -0.143. The molecular weight excluding hydrogens is 459 g/mol. The molecule has 190 valence electrons. The maximum absolute atomic E-state index is 13.7. The number of carbonyl (C=O) groups is 1. The lowest BCUT2D eigenvalue weighted by atomic mass is 9.88. The second-order valence-electron chi connectivity index (χ2n) is 7.83. The Balaban J connectivity index is 3.57. The molecule has 1 unspecified atom stereocenters. The Kier molecular flexibility index (Phi) is 10.1. The molecule has 1 rings (SSSR count). The van der Waals surface area contributed by atoms with E-state index in [1.165, 1.54) is 0 Å². The normalized spacial score (nSPS) is 14.7. The fraction of sp³-hybridized carbons (Fsp3) is 0.308. The summed E-state index contributed by atoms with van der Waals surface area (Å²) in [6.45, 7) is 20.5. The van der Waals surface area contributed by atoms with Gasteiger partial charge in [0, 0.05) is 5.57 Å². The van der Waals surface area contributed by atoms with Crippen molar-refractivity contribution in [1.29, 1.82) is 0 Å². The monoisotopic (exact) mass is 491 g/mol. The van der Waals surface area contributed by atoms with Crippen LogP contribution in [0.1, 0.15) is 50.7 Å². The van der Waals surface area contributed by atoms with Gasteiger partial charge in [-0.3, -0.25) is 0 Å². The molecule has 6 nitrogen and oxygen atoms in total. The van der Waals surface area contributed by atoms with E-state index in [9.17, 15) is 23.1 Å². The van der Waals surface area contributed by atoms with Gasteiger partial charge in [-0.2, -0.15) is 18.3 Å². The Morgan fingerprint density at radius 2 is 1.86 bits per heavy atom. The lowest BCUT2D eigenvalue weighted by Gasteiger charge is -2.34. The molecule has 1 aromatic heterocycles. The fourth-order valence-electron chi connectivity index (χ4n) is 3.18. The zero-order valence-electron chi connectivity index (χ0n) is 20.7. The number of aromatic nitrogens is 2. The number of nitrogens with zero attached hydrogens (tertiary/aromatic N) is 2. The van der Waals surface area contributed by atoms with Crippen LogP contribution in [-0.4, -0.2) is 33.0 Å². The van der Waals surface area contributed by atoms with Crippen LogP contribution in [-0.2, 0) is 10.9 Å². The first kappa shape index (κ1) is 29.3. The Morgan fingerprint density at radius 1 is 1.23 bits per heavy atom. The van der Waals surface area contributed by atoms with Gasteiger partial charge in [0.1, 0.15) is 23.8 Å². The molecule has 35 heavy (non-hydrogen) atoms. The summed E-state index contributed by atoms with van der Waals surface area (Å²) >= 11 is 0. The third kappa shape index (κ3) is 7.37. The van der Waals surface area contributed by atoms with Crippen LogP contribution in [0.15, 0.2) is 84.9 Å². The summed E-state index contributed by atoms with van der Waals surface area (Å²) < 4.78 is 47.6. The van der Waals surface area contributed by atoms with Crippen LogP contribution in [0.5, 0.6) is 0 Å². The molecule has 0 aromatic carbocycles. The maximum Gasteiger partial charge on any atom is 0.434 e. The number of nitrogens with one attached hydrogen (secondary N) is 1. The summed E-state index contributed by atoms with van der Waals surface area (Å²) in [5.41, 5.74) is -1.53. The number of ether oxygens (including phenoxy) is 1. The highest BCUT2D eigenvalue weighted by Gasteiger charge is 2.41. The van der Waals surface area contributed by atoms with Gasteiger partial charge in [0.15, 0.2) is 5.69 Å². The van der Waals surface area contributed by atoms with Crippen LogP contribution in [0.3, 0.4) is 0 Å². The molecule has 0 saturated heterocycles.